The SMILES string of the molecule is CCCNCc1ccc(OC2CCCCCC2)c(Cl)c1. The van der Waals surface area contributed by atoms with Crippen molar-refractivity contribution in [3.05, 3.63) is 28.8 Å². The molecule has 0 heterocycles. The molecular weight excluding hydrogens is 270 g/mol. The van der Waals surface area contributed by atoms with Crippen molar-refractivity contribution in [2.24, 2.45) is 0 Å². The maximum Gasteiger partial charge on any atom is 0.138 e. The zero-order valence-electron chi connectivity index (χ0n) is 12.5. The second-order valence-corrected chi connectivity index (χ2v) is 6.08. The number of rotatable bonds is 6. The first kappa shape index (κ1) is 15.7. The highest BCUT2D eigenvalue weighted by Gasteiger charge is 2.15. The number of hydrogen-bond donors (Lipinski definition) is 1. The lowest BCUT2D eigenvalue weighted by atomic mass is 10.1. The summed E-state index contributed by atoms with van der Waals surface area (Å²) in [5.41, 5.74) is 1.22. The van der Waals surface area contributed by atoms with Crippen LogP contribution in [-0.4, -0.2) is 12.6 Å². The third kappa shape index (κ3) is 4.99. The quantitative estimate of drug-likeness (QED) is 0.593. The van der Waals surface area contributed by atoms with Crippen molar-refractivity contribution >= 4 is 11.6 Å². The molecule has 0 amide bonds. The van der Waals surface area contributed by atoms with Crippen LogP contribution in [0.15, 0.2) is 18.2 Å². The molecule has 0 bridgehead atoms. The average Bonchev–Trinajstić information content (AvgIpc) is 2.71. The second-order valence-electron chi connectivity index (χ2n) is 5.67. The topological polar surface area (TPSA) is 21.3 Å². The standard InChI is InChI=1S/C17H26ClNO/c1-2-11-19-13-14-9-10-17(16(18)12-14)20-15-7-5-3-4-6-8-15/h9-10,12,15,19H,2-8,11,13H2,1H3. The van der Waals surface area contributed by atoms with Crippen LogP contribution in [0.1, 0.15) is 57.4 Å². The molecule has 0 aliphatic heterocycles. The fourth-order valence-corrected chi connectivity index (χ4v) is 2.95. The van der Waals surface area contributed by atoms with Crippen molar-refractivity contribution in [1.82, 2.24) is 5.32 Å². The summed E-state index contributed by atoms with van der Waals surface area (Å²) >= 11 is 6.35. The molecular formula is C17H26ClNO. The minimum Gasteiger partial charge on any atom is -0.489 e. The van der Waals surface area contributed by atoms with Crippen molar-refractivity contribution in [2.45, 2.75) is 64.5 Å². The smallest absolute Gasteiger partial charge is 0.138 e. The first-order valence-corrected chi connectivity index (χ1v) is 8.33. The average molecular weight is 296 g/mol. The lowest BCUT2D eigenvalue weighted by Crippen LogP contribution is -2.16. The van der Waals surface area contributed by atoms with Gasteiger partial charge in [-0.1, -0.05) is 37.4 Å². The van der Waals surface area contributed by atoms with Gasteiger partial charge in [-0.2, -0.15) is 0 Å². The molecule has 1 fully saturated rings. The minimum atomic E-state index is 0.346. The maximum atomic E-state index is 6.35. The van der Waals surface area contributed by atoms with E-state index in [1.807, 2.05) is 12.1 Å². The summed E-state index contributed by atoms with van der Waals surface area (Å²) in [6.45, 7) is 4.08. The van der Waals surface area contributed by atoms with E-state index in [4.69, 9.17) is 16.3 Å². The third-order valence-electron chi connectivity index (χ3n) is 3.85. The van der Waals surface area contributed by atoms with Crippen LogP contribution < -0.4 is 10.1 Å². The van der Waals surface area contributed by atoms with Crippen LogP contribution in [0.5, 0.6) is 5.75 Å². The zero-order chi connectivity index (χ0) is 14.2. The Bertz CT molecular complexity index is 400. The van der Waals surface area contributed by atoms with E-state index < -0.39 is 0 Å². The predicted octanol–water partition coefficient (Wildman–Crippen LogP) is 4.94. The van der Waals surface area contributed by atoms with Crippen LogP contribution >= 0.6 is 11.6 Å². The fraction of sp³-hybridized carbons (Fsp3) is 0.647. The molecule has 1 aromatic rings. The van der Waals surface area contributed by atoms with Gasteiger partial charge in [-0.15, -0.1) is 0 Å². The highest BCUT2D eigenvalue weighted by Crippen LogP contribution is 2.29. The molecule has 1 aliphatic rings. The van der Waals surface area contributed by atoms with Gasteiger partial charge in [0, 0.05) is 6.54 Å². The maximum absolute atomic E-state index is 6.35. The minimum absolute atomic E-state index is 0.346. The van der Waals surface area contributed by atoms with Crippen LogP contribution in [0.3, 0.4) is 0 Å². The van der Waals surface area contributed by atoms with Gasteiger partial charge in [0.25, 0.3) is 0 Å². The van der Waals surface area contributed by atoms with Crippen molar-refractivity contribution in [3.8, 4) is 5.75 Å². The molecule has 1 aliphatic carbocycles. The van der Waals surface area contributed by atoms with Crippen LogP contribution in [0.2, 0.25) is 5.02 Å². The van der Waals surface area contributed by atoms with E-state index in [0.29, 0.717) is 6.10 Å². The molecule has 0 spiro atoms. The van der Waals surface area contributed by atoms with Crippen molar-refractivity contribution < 1.29 is 4.74 Å². The number of hydrogen-bond acceptors (Lipinski definition) is 2. The van der Waals surface area contributed by atoms with Crippen LogP contribution in [0.25, 0.3) is 0 Å². The van der Waals surface area contributed by atoms with Gasteiger partial charge in [-0.25, -0.2) is 0 Å². The van der Waals surface area contributed by atoms with Gasteiger partial charge >= 0.3 is 0 Å². The Balaban J connectivity index is 1.91. The number of nitrogens with one attached hydrogen (secondary N) is 1. The molecule has 0 atom stereocenters. The summed E-state index contributed by atoms with van der Waals surface area (Å²) in [5.74, 6) is 0.845. The Kier molecular flexibility index (Phi) is 6.68. The zero-order valence-corrected chi connectivity index (χ0v) is 13.2. The van der Waals surface area contributed by atoms with Crippen molar-refractivity contribution in [1.29, 1.82) is 0 Å². The Hall–Kier alpha value is -0.730. The fourth-order valence-electron chi connectivity index (χ4n) is 2.70. The van der Waals surface area contributed by atoms with Gasteiger partial charge < -0.3 is 10.1 Å². The molecule has 1 aromatic carbocycles. The van der Waals surface area contributed by atoms with Gasteiger partial charge in [0.1, 0.15) is 5.75 Å². The van der Waals surface area contributed by atoms with E-state index in [-0.39, 0.29) is 0 Å². The van der Waals surface area contributed by atoms with Crippen LogP contribution in [0, 0.1) is 0 Å². The number of halogens is 1. The van der Waals surface area contributed by atoms with E-state index in [9.17, 15) is 0 Å². The van der Waals surface area contributed by atoms with Gasteiger partial charge in [-0.3, -0.25) is 0 Å². The first-order valence-electron chi connectivity index (χ1n) is 7.95. The summed E-state index contributed by atoms with van der Waals surface area (Å²) in [6.07, 6.45) is 9.07. The van der Waals surface area contributed by atoms with Gasteiger partial charge in [0.05, 0.1) is 11.1 Å². The van der Waals surface area contributed by atoms with Crippen LogP contribution in [-0.2, 0) is 6.54 Å². The molecule has 0 saturated heterocycles. The monoisotopic (exact) mass is 295 g/mol. The molecule has 1 saturated carbocycles. The summed E-state index contributed by atoms with van der Waals surface area (Å²) in [4.78, 5) is 0. The third-order valence-corrected chi connectivity index (χ3v) is 4.14. The molecule has 1 N–H and O–H groups in total. The van der Waals surface area contributed by atoms with E-state index in [0.717, 1.165) is 43.1 Å². The van der Waals surface area contributed by atoms with Crippen molar-refractivity contribution in [3.63, 3.8) is 0 Å². The lowest BCUT2D eigenvalue weighted by Gasteiger charge is -2.18. The summed E-state index contributed by atoms with van der Waals surface area (Å²) < 4.78 is 6.09. The largest absolute Gasteiger partial charge is 0.489 e. The van der Waals surface area contributed by atoms with E-state index in [1.54, 1.807) is 0 Å². The molecule has 2 rings (SSSR count). The number of ether oxygens (including phenoxy) is 1. The van der Waals surface area contributed by atoms with Gasteiger partial charge in [0.2, 0.25) is 0 Å². The van der Waals surface area contributed by atoms with E-state index in [1.165, 1.54) is 31.2 Å². The number of benzene rings is 1. The van der Waals surface area contributed by atoms with E-state index >= 15 is 0 Å². The van der Waals surface area contributed by atoms with E-state index in [2.05, 4.69) is 18.3 Å². The Morgan fingerprint density at radius 2 is 1.95 bits per heavy atom. The molecule has 112 valence electrons. The van der Waals surface area contributed by atoms with Gasteiger partial charge in [-0.05, 0) is 56.3 Å². The molecule has 2 nitrogen and oxygen atoms in total. The molecule has 20 heavy (non-hydrogen) atoms. The van der Waals surface area contributed by atoms with Crippen molar-refractivity contribution in [2.75, 3.05) is 6.54 Å². The molecule has 0 radical (unpaired) electrons. The first-order chi connectivity index (χ1) is 9.79. The van der Waals surface area contributed by atoms with Crippen LogP contribution in [0.4, 0.5) is 0 Å². The normalized spacial score (nSPS) is 16.9. The lowest BCUT2D eigenvalue weighted by molar-refractivity contribution is 0.184. The predicted molar refractivity (Wildman–Crippen MR) is 85.6 cm³/mol. The highest BCUT2D eigenvalue weighted by atomic mass is 35.5. The Morgan fingerprint density at radius 1 is 1.20 bits per heavy atom. The molecule has 3 heteroatoms. The summed E-state index contributed by atoms with van der Waals surface area (Å²) in [6, 6.07) is 6.16. The second kappa shape index (κ2) is 8.53. The summed E-state index contributed by atoms with van der Waals surface area (Å²) in [7, 11) is 0. The highest BCUT2D eigenvalue weighted by molar-refractivity contribution is 6.32. The van der Waals surface area contributed by atoms with Gasteiger partial charge in [0.15, 0.2) is 0 Å². The Morgan fingerprint density at radius 3 is 2.60 bits per heavy atom. The molecule has 0 aromatic heterocycles. The summed E-state index contributed by atoms with van der Waals surface area (Å²) in [5, 5.41) is 4.13. The molecule has 0 unspecified atom stereocenters. The Labute approximate surface area is 127 Å².